The molecule has 4 heteroatoms. The number of hydrogen-bond donors (Lipinski definition) is 1. The van der Waals surface area contributed by atoms with Gasteiger partial charge in [-0.1, -0.05) is 25.5 Å². The second kappa shape index (κ2) is 7.98. The van der Waals surface area contributed by atoms with Gasteiger partial charge < -0.3 is 10.1 Å². The van der Waals surface area contributed by atoms with E-state index in [1.165, 1.54) is 5.56 Å². The van der Waals surface area contributed by atoms with Crippen LogP contribution in [0.25, 0.3) is 0 Å². The van der Waals surface area contributed by atoms with E-state index in [9.17, 15) is 4.79 Å². The summed E-state index contributed by atoms with van der Waals surface area (Å²) in [5, 5.41) is 2.69. The molecule has 0 fully saturated rings. The molecule has 1 aromatic rings. The van der Waals surface area contributed by atoms with Crippen molar-refractivity contribution < 1.29 is 9.53 Å². The molecule has 0 heterocycles. The summed E-state index contributed by atoms with van der Waals surface area (Å²) in [7, 11) is 0. The van der Waals surface area contributed by atoms with E-state index in [2.05, 4.69) is 24.4 Å². The van der Waals surface area contributed by atoms with Crippen LogP contribution < -0.4 is 10.1 Å². The fourth-order valence-corrected chi connectivity index (χ4v) is 1.70. The van der Waals surface area contributed by atoms with E-state index in [0.717, 1.165) is 18.6 Å². The van der Waals surface area contributed by atoms with Crippen molar-refractivity contribution in [1.82, 2.24) is 5.32 Å². The minimum atomic E-state index is -0.176. The zero-order valence-electron chi connectivity index (χ0n) is 10.9. The molecule has 100 valence electrons. The maximum Gasteiger partial charge on any atom is 0.235 e. The highest BCUT2D eigenvalue weighted by Crippen LogP contribution is 2.14. The lowest BCUT2D eigenvalue weighted by Crippen LogP contribution is -2.34. The van der Waals surface area contributed by atoms with Gasteiger partial charge in [0.05, 0.1) is 6.54 Å². The molecule has 0 saturated carbocycles. The van der Waals surface area contributed by atoms with Gasteiger partial charge in [0.25, 0.3) is 0 Å². The number of aryl methyl sites for hydroxylation is 1. The van der Waals surface area contributed by atoms with Crippen molar-refractivity contribution in [2.24, 2.45) is 0 Å². The topological polar surface area (TPSA) is 38.3 Å². The summed E-state index contributed by atoms with van der Waals surface area (Å²) in [5.41, 5.74) is 1.31. The van der Waals surface area contributed by atoms with Crippen LogP contribution in [0.5, 0.6) is 5.75 Å². The fraction of sp³-hybridized carbons (Fsp3) is 0.500. The summed E-state index contributed by atoms with van der Waals surface area (Å²) >= 11 is 5.39. The minimum Gasteiger partial charge on any atom is -0.489 e. The Hall–Kier alpha value is -1.22. The zero-order chi connectivity index (χ0) is 13.4. The van der Waals surface area contributed by atoms with E-state index in [1.54, 1.807) is 0 Å². The molecular weight excluding hydrogens is 250 g/mol. The first-order valence-electron chi connectivity index (χ1n) is 6.24. The number of ether oxygens (including phenoxy) is 1. The van der Waals surface area contributed by atoms with Gasteiger partial charge in [-0.3, -0.25) is 4.79 Å². The van der Waals surface area contributed by atoms with Gasteiger partial charge in [-0.2, -0.15) is 0 Å². The number of nitrogens with one attached hydrogen (secondary N) is 1. The molecule has 1 amide bonds. The number of benzene rings is 1. The standard InChI is InChI=1S/C14H20ClNO2/c1-3-4-12-5-7-13(8-6-12)18-11(2)10-16-14(17)9-15/h5-8,11H,3-4,9-10H2,1-2H3,(H,16,17). The van der Waals surface area contributed by atoms with Crippen molar-refractivity contribution in [2.75, 3.05) is 12.4 Å². The first-order chi connectivity index (χ1) is 8.65. The van der Waals surface area contributed by atoms with E-state index in [4.69, 9.17) is 16.3 Å². The van der Waals surface area contributed by atoms with Crippen molar-refractivity contribution in [3.05, 3.63) is 29.8 Å². The van der Waals surface area contributed by atoms with Gasteiger partial charge in [-0.15, -0.1) is 11.6 Å². The summed E-state index contributed by atoms with van der Waals surface area (Å²) in [6, 6.07) is 8.07. The number of hydrogen-bond acceptors (Lipinski definition) is 2. The summed E-state index contributed by atoms with van der Waals surface area (Å²) < 4.78 is 5.68. The Kier molecular flexibility index (Phi) is 6.58. The number of carbonyl (C=O) groups excluding carboxylic acids is 1. The summed E-state index contributed by atoms with van der Waals surface area (Å²) in [6.07, 6.45) is 2.15. The highest BCUT2D eigenvalue weighted by Gasteiger charge is 2.06. The molecule has 1 unspecified atom stereocenters. The Balaban J connectivity index is 2.39. The van der Waals surface area contributed by atoms with Gasteiger partial charge in [0, 0.05) is 0 Å². The lowest BCUT2D eigenvalue weighted by Gasteiger charge is -2.15. The van der Waals surface area contributed by atoms with E-state index in [0.29, 0.717) is 6.54 Å². The normalized spacial score (nSPS) is 11.9. The molecule has 1 rings (SSSR count). The van der Waals surface area contributed by atoms with E-state index < -0.39 is 0 Å². The first-order valence-corrected chi connectivity index (χ1v) is 6.77. The Labute approximate surface area is 113 Å². The van der Waals surface area contributed by atoms with Gasteiger partial charge in [0.2, 0.25) is 5.91 Å². The molecule has 0 saturated heterocycles. The Bertz CT molecular complexity index is 365. The van der Waals surface area contributed by atoms with Crippen LogP contribution >= 0.6 is 11.6 Å². The van der Waals surface area contributed by atoms with Gasteiger partial charge in [0.15, 0.2) is 0 Å². The molecule has 0 bridgehead atoms. The van der Waals surface area contributed by atoms with Crippen LogP contribution in [-0.4, -0.2) is 24.4 Å². The molecule has 18 heavy (non-hydrogen) atoms. The van der Waals surface area contributed by atoms with Gasteiger partial charge in [-0.25, -0.2) is 0 Å². The summed E-state index contributed by atoms with van der Waals surface area (Å²) in [4.78, 5) is 11.0. The molecular formula is C14H20ClNO2. The van der Waals surface area contributed by atoms with Crippen molar-refractivity contribution >= 4 is 17.5 Å². The predicted molar refractivity (Wildman–Crippen MR) is 74.3 cm³/mol. The third-order valence-corrected chi connectivity index (χ3v) is 2.75. The molecule has 1 N–H and O–H groups in total. The Morgan fingerprint density at radius 3 is 2.61 bits per heavy atom. The molecule has 0 spiro atoms. The van der Waals surface area contributed by atoms with E-state index in [-0.39, 0.29) is 17.9 Å². The molecule has 3 nitrogen and oxygen atoms in total. The van der Waals surface area contributed by atoms with Crippen LogP contribution in [-0.2, 0) is 11.2 Å². The number of alkyl halides is 1. The van der Waals surface area contributed by atoms with Crippen LogP contribution in [0.1, 0.15) is 25.8 Å². The lowest BCUT2D eigenvalue weighted by atomic mass is 10.1. The average Bonchev–Trinajstić information content (AvgIpc) is 2.38. The van der Waals surface area contributed by atoms with Crippen LogP contribution in [0.2, 0.25) is 0 Å². The summed E-state index contributed by atoms with van der Waals surface area (Å²) in [5.74, 6) is 0.631. The van der Waals surface area contributed by atoms with Crippen LogP contribution in [0, 0.1) is 0 Å². The number of halogens is 1. The molecule has 1 atom stereocenters. The fourth-order valence-electron chi connectivity index (χ4n) is 1.60. The highest BCUT2D eigenvalue weighted by molar-refractivity contribution is 6.27. The lowest BCUT2D eigenvalue weighted by molar-refractivity contribution is -0.119. The second-order valence-corrected chi connectivity index (χ2v) is 4.53. The average molecular weight is 270 g/mol. The summed E-state index contributed by atoms with van der Waals surface area (Å²) in [6.45, 7) is 4.53. The Morgan fingerprint density at radius 2 is 2.06 bits per heavy atom. The van der Waals surface area contributed by atoms with Gasteiger partial charge >= 0.3 is 0 Å². The molecule has 0 aliphatic rings. The SMILES string of the molecule is CCCc1ccc(OC(C)CNC(=O)CCl)cc1. The maximum absolute atomic E-state index is 11.0. The highest BCUT2D eigenvalue weighted by atomic mass is 35.5. The first kappa shape index (κ1) is 14.8. The van der Waals surface area contributed by atoms with E-state index in [1.807, 2.05) is 19.1 Å². The minimum absolute atomic E-state index is 0.0154. The number of amides is 1. The van der Waals surface area contributed by atoms with Crippen molar-refractivity contribution in [1.29, 1.82) is 0 Å². The molecule has 1 aromatic carbocycles. The van der Waals surface area contributed by atoms with Crippen LogP contribution in [0.3, 0.4) is 0 Å². The molecule has 0 aromatic heterocycles. The number of rotatable bonds is 7. The third-order valence-electron chi connectivity index (χ3n) is 2.51. The largest absolute Gasteiger partial charge is 0.489 e. The van der Waals surface area contributed by atoms with Crippen molar-refractivity contribution in [3.8, 4) is 5.75 Å². The monoisotopic (exact) mass is 269 g/mol. The molecule has 0 radical (unpaired) electrons. The zero-order valence-corrected chi connectivity index (χ0v) is 11.7. The van der Waals surface area contributed by atoms with Crippen molar-refractivity contribution in [2.45, 2.75) is 32.8 Å². The number of carbonyl (C=O) groups is 1. The molecule has 0 aliphatic carbocycles. The second-order valence-electron chi connectivity index (χ2n) is 4.26. The quantitative estimate of drug-likeness (QED) is 0.773. The van der Waals surface area contributed by atoms with Crippen LogP contribution in [0.15, 0.2) is 24.3 Å². The maximum atomic E-state index is 11.0. The smallest absolute Gasteiger partial charge is 0.235 e. The Morgan fingerprint density at radius 1 is 1.39 bits per heavy atom. The molecule has 0 aliphatic heterocycles. The predicted octanol–water partition coefficient (Wildman–Crippen LogP) is 2.76. The van der Waals surface area contributed by atoms with Crippen LogP contribution in [0.4, 0.5) is 0 Å². The third kappa shape index (κ3) is 5.41. The van der Waals surface area contributed by atoms with Crippen molar-refractivity contribution in [3.63, 3.8) is 0 Å². The van der Waals surface area contributed by atoms with E-state index >= 15 is 0 Å². The van der Waals surface area contributed by atoms with Gasteiger partial charge in [-0.05, 0) is 31.0 Å². The van der Waals surface area contributed by atoms with Gasteiger partial charge in [0.1, 0.15) is 17.7 Å².